The monoisotopic (exact) mass is 279 g/mol. The standard InChI is InChI=1S/C17H29NO2/c1-13-10-14(2)12-15(11-13)18-17(19)20-16-8-6-4-3-5-7-9-16/h6,8,11,13-14,16-19H,3-5,7,9-10,12H2,1-2H3/b8-6+/t13-,14+,16?,17?/m1/s1. The predicted molar refractivity (Wildman–Crippen MR) is 81.9 cm³/mol. The molecule has 0 radical (unpaired) electrons. The van der Waals surface area contributed by atoms with E-state index in [4.69, 9.17) is 4.74 Å². The summed E-state index contributed by atoms with van der Waals surface area (Å²) in [5, 5.41) is 13.2. The second-order valence-electron chi connectivity index (χ2n) is 6.45. The highest BCUT2D eigenvalue weighted by Gasteiger charge is 2.19. The summed E-state index contributed by atoms with van der Waals surface area (Å²) in [6, 6.07) is 0. The average molecular weight is 279 g/mol. The van der Waals surface area contributed by atoms with Gasteiger partial charge in [-0.05, 0) is 43.9 Å². The first-order valence-electron chi connectivity index (χ1n) is 8.11. The van der Waals surface area contributed by atoms with Gasteiger partial charge in [-0.1, -0.05) is 44.9 Å². The average Bonchev–Trinajstić information content (AvgIpc) is 2.31. The van der Waals surface area contributed by atoms with Gasteiger partial charge in [-0.2, -0.15) is 0 Å². The van der Waals surface area contributed by atoms with E-state index >= 15 is 0 Å². The van der Waals surface area contributed by atoms with Gasteiger partial charge in [0, 0.05) is 5.70 Å². The normalized spacial score (nSPS) is 34.5. The van der Waals surface area contributed by atoms with E-state index < -0.39 is 6.41 Å². The number of hydrogen-bond acceptors (Lipinski definition) is 3. The first kappa shape index (κ1) is 15.6. The van der Waals surface area contributed by atoms with E-state index in [-0.39, 0.29) is 6.10 Å². The van der Waals surface area contributed by atoms with E-state index in [1.807, 2.05) is 0 Å². The van der Waals surface area contributed by atoms with Gasteiger partial charge in [0.2, 0.25) is 6.41 Å². The van der Waals surface area contributed by atoms with Crippen molar-refractivity contribution < 1.29 is 9.84 Å². The minimum Gasteiger partial charge on any atom is -0.351 e. The molecule has 0 aliphatic heterocycles. The number of aliphatic hydroxyl groups excluding tert-OH is 1. The zero-order chi connectivity index (χ0) is 14.4. The molecule has 0 aromatic rings. The predicted octanol–water partition coefficient (Wildman–Crippen LogP) is 3.71. The van der Waals surface area contributed by atoms with Crippen LogP contribution in [0.1, 0.15) is 58.8 Å². The number of rotatable bonds is 4. The Morgan fingerprint density at radius 3 is 2.95 bits per heavy atom. The van der Waals surface area contributed by atoms with Crippen LogP contribution in [0.25, 0.3) is 0 Å². The minimum absolute atomic E-state index is 0.0387. The molecule has 0 aromatic carbocycles. The molecular weight excluding hydrogens is 250 g/mol. The van der Waals surface area contributed by atoms with Crippen LogP contribution in [0.2, 0.25) is 0 Å². The maximum absolute atomic E-state index is 10.1. The Balaban J connectivity index is 1.82. The summed E-state index contributed by atoms with van der Waals surface area (Å²) in [5.41, 5.74) is 1.12. The van der Waals surface area contributed by atoms with Crippen molar-refractivity contribution in [1.82, 2.24) is 5.32 Å². The van der Waals surface area contributed by atoms with Gasteiger partial charge in [-0.25, -0.2) is 0 Å². The fourth-order valence-corrected chi connectivity index (χ4v) is 3.28. The Kier molecular flexibility index (Phi) is 6.11. The van der Waals surface area contributed by atoms with Gasteiger partial charge >= 0.3 is 0 Å². The summed E-state index contributed by atoms with van der Waals surface area (Å²) < 4.78 is 5.72. The lowest BCUT2D eigenvalue weighted by Gasteiger charge is -2.28. The summed E-state index contributed by atoms with van der Waals surface area (Å²) in [7, 11) is 0. The second kappa shape index (κ2) is 7.84. The molecule has 3 nitrogen and oxygen atoms in total. The Hall–Kier alpha value is -0.800. The van der Waals surface area contributed by atoms with Crippen LogP contribution in [0.4, 0.5) is 0 Å². The van der Waals surface area contributed by atoms with Gasteiger partial charge in [0.25, 0.3) is 0 Å². The Labute approximate surface area is 123 Å². The van der Waals surface area contributed by atoms with Crippen molar-refractivity contribution in [3.8, 4) is 0 Å². The smallest absolute Gasteiger partial charge is 0.235 e. The molecule has 0 aromatic heterocycles. The van der Waals surface area contributed by atoms with E-state index in [9.17, 15) is 5.11 Å². The molecule has 0 spiro atoms. The molecule has 0 heterocycles. The van der Waals surface area contributed by atoms with Gasteiger partial charge in [-0.3, -0.25) is 0 Å². The molecular formula is C17H29NO2. The first-order chi connectivity index (χ1) is 9.63. The lowest BCUT2D eigenvalue weighted by atomic mass is 9.87. The molecule has 0 fully saturated rings. The molecule has 2 unspecified atom stereocenters. The van der Waals surface area contributed by atoms with Crippen molar-refractivity contribution in [3.05, 3.63) is 23.9 Å². The maximum atomic E-state index is 10.1. The third-order valence-electron chi connectivity index (χ3n) is 4.15. The second-order valence-corrected chi connectivity index (χ2v) is 6.45. The van der Waals surface area contributed by atoms with Gasteiger partial charge in [0.05, 0.1) is 6.10 Å². The number of aliphatic hydroxyl groups is 1. The Morgan fingerprint density at radius 1 is 1.30 bits per heavy atom. The van der Waals surface area contributed by atoms with E-state index in [0.29, 0.717) is 11.8 Å². The van der Waals surface area contributed by atoms with Crippen molar-refractivity contribution in [2.24, 2.45) is 11.8 Å². The molecule has 2 aliphatic carbocycles. The van der Waals surface area contributed by atoms with Crippen LogP contribution in [0.3, 0.4) is 0 Å². The Morgan fingerprint density at radius 2 is 2.15 bits per heavy atom. The quantitative estimate of drug-likeness (QED) is 0.609. The number of allylic oxidation sites excluding steroid dienone is 3. The van der Waals surface area contributed by atoms with Crippen molar-refractivity contribution in [1.29, 1.82) is 0 Å². The number of hydrogen-bond donors (Lipinski definition) is 2. The summed E-state index contributed by atoms with van der Waals surface area (Å²) >= 11 is 0. The van der Waals surface area contributed by atoms with Crippen molar-refractivity contribution in [3.63, 3.8) is 0 Å². The van der Waals surface area contributed by atoms with Gasteiger partial charge < -0.3 is 15.2 Å². The van der Waals surface area contributed by atoms with Crippen molar-refractivity contribution in [2.45, 2.75) is 71.3 Å². The summed E-state index contributed by atoms with van der Waals surface area (Å²) in [4.78, 5) is 0. The number of ether oxygens (including phenoxy) is 1. The van der Waals surface area contributed by atoms with Crippen LogP contribution in [0.15, 0.2) is 23.9 Å². The molecule has 4 atom stereocenters. The van der Waals surface area contributed by atoms with Crippen LogP contribution in [-0.4, -0.2) is 17.6 Å². The van der Waals surface area contributed by atoms with E-state index in [2.05, 4.69) is 37.4 Å². The lowest BCUT2D eigenvalue weighted by Crippen LogP contribution is -2.35. The van der Waals surface area contributed by atoms with Crippen LogP contribution < -0.4 is 5.32 Å². The highest BCUT2D eigenvalue weighted by molar-refractivity contribution is 5.06. The molecule has 3 heteroatoms. The highest BCUT2D eigenvalue weighted by atomic mass is 16.6. The van der Waals surface area contributed by atoms with Crippen molar-refractivity contribution >= 4 is 0 Å². The minimum atomic E-state index is -0.896. The third-order valence-corrected chi connectivity index (χ3v) is 4.15. The van der Waals surface area contributed by atoms with Crippen LogP contribution in [-0.2, 0) is 4.74 Å². The molecule has 2 N–H and O–H groups in total. The molecule has 0 saturated carbocycles. The van der Waals surface area contributed by atoms with Crippen LogP contribution in [0, 0.1) is 11.8 Å². The molecule has 0 amide bonds. The third kappa shape index (κ3) is 5.29. The SMILES string of the molecule is C[C@@H]1CC(NC(O)OC2/C=C/CCCCC2)=C[C@H](C)C1. The first-order valence-corrected chi connectivity index (χ1v) is 8.11. The topological polar surface area (TPSA) is 41.5 Å². The Bertz CT molecular complexity index is 351. The molecule has 0 bridgehead atoms. The molecule has 2 aliphatic rings. The zero-order valence-corrected chi connectivity index (χ0v) is 12.8. The van der Waals surface area contributed by atoms with E-state index in [0.717, 1.165) is 25.0 Å². The van der Waals surface area contributed by atoms with Gasteiger partial charge in [0.15, 0.2) is 0 Å². The fraction of sp³-hybridized carbons (Fsp3) is 0.765. The largest absolute Gasteiger partial charge is 0.351 e. The summed E-state index contributed by atoms with van der Waals surface area (Å²) in [6.45, 7) is 4.48. The fourth-order valence-electron chi connectivity index (χ4n) is 3.28. The molecule has 20 heavy (non-hydrogen) atoms. The van der Waals surface area contributed by atoms with E-state index in [1.165, 1.54) is 25.7 Å². The lowest BCUT2D eigenvalue weighted by molar-refractivity contribution is -0.138. The number of nitrogens with one attached hydrogen (secondary N) is 1. The van der Waals surface area contributed by atoms with Gasteiger partial charge in [-0.15, -0.1) is 0 Å². The van der Waals surface area contributed by atoms with Crippen LogP contribution in [0.5, 0.6) is 0 Å². The van der Waals surface area contributed by atoms with Gasteiger partial charge in [0.1, 0.15) is 0 Å². The molecule has 114 valence electrons. The maximum Gasteiger partial charge on any atom is 0.235 e. The van der Waals surface area contributed by atoms with E-state index in [1.54, 1.807) is 0 Å². The highest BCUT2D eigenvalue weighted by Crippen LogP contribution is 2.26. The summed E-state index contributed by atoms with van der Waals surface area (Å²) in [6.07, 6.45) is 13.7. The zero-order valence-electron chi connectivity index (χ0n) is 12.8. The summed E-state index contributed by atoms with van der Waals surface area (Å²) in [5.74, 6) is 1.25. The van der Waals surface area contributed by atoms with Crippen molar-refractivity contribution in [2.75, 3.05) is 0 Å². The van der Waals surface area contributed by atoms with Crippen LogP contribution >= 0.6 is 0 Å². The molecule has 2 rings (SSSR count). The molecule has 0 saturated heterocycles.